The van der Waals surface area contributed by atoms with Gasteiger partial charge in [0.15, 0.2) is 0 Å². The Morgan fingerprint density at radius 2 is 2.05 bits per heavy atom. The van der Waals surface area contributed by atoms with Crippen LogP contribution in [0.1, 0.15) is 45.4 Å². The quantitative estimate of drug-likeness (QED) is 0.422. The highest BCUT2D eigenvalue weighted by Crippen LogP contribution is 2.36. The lowest BCUT2D eigenvalue weighted by Crippen LogP contribution is -2.25. The fourth-order valence-electron chi connectivity index (χ4n) is 2.88. The monoisotopic (exact) mass is 298 g/mol. The average molecular weight is 298 g/mol. The van der Waals surface area contributed by atoms with E-state index >= 15 is 0 Å². The molecule has 0 aromatic heterocycles. The highest BCUT2D eigenvalue weighted by Gasteiger charge is 2.36. The van der Waals surface area contributed by atoms with E-state index in [1.165, 1.54) is 14.0 Å². The summed E-state index contributed by atoms with van der Waals surface area (Å²) in [6, 6.07) is 0. The first-order valence-corrected chi connectivity index (χ1v) is 7.58. The maximum Gasteiger partial charge on any atom is 0.305 e. The number of hydrogen-bond acceptors (Lipinski definition) is 5. The number of carbonyl (C=O) groups is 2. The second-order valence-electron chi connectivity index (χ2n) is 5.51. The highest BCUT2D eigenvalue weighted by molar-refractivity contribution is 5.69. The molecule has 0 heterocycles. The van der Waals surface area contributed by atoms with Gasteiger partial charge in [-0.1, -0.05) is 12.2 Å². The first-order chi connectivity index (χ1) is 10.1. The molecule has 0 aromatic rings. The molecule has 21 heavy (non-hydrogen) atoms. The Morgan fingerprint density at radius 3 is 2.67 bits per heavy atom. The van der Waals surface area contributed by atoms with E-state index in [1.807, 2.05) is 6.08 Å². The first kappa shape index (κ1) is 17.7. The molecule has 1 aliphatic rings. The minimum Gasteiger partial charge on any atom is -0.469 e. The number of ether oxygens (including phenoxy) is 2. The molecule has 0 radical (unpaired) electrons. The largest absolute Gasteiger partial charge is 0.469 e. The fourth-order valence-corrected chi connectivity index (χ4v) is 2.88. The molecule has 120 valence electrons. The summed E-state index contributed by atoms with van der Waals surface area (Å²) < 4.78 is 9.91. The van der Waals surface area contributed by atoms with Crippen molar-refractivity contribution in [2.75, 3.05) is 13.7 Å². The predicted octanol–water partition coefficient (Wildman–Crippen LogP) is 2.23. The lowest BCUT2D eigenvalue weighted by molar-refractivity contribution is -0.148. The summed E-state index contributed by atoms with van der Waals surface area (Å²) in [7, 11) is 1.39. The Kier molecular flexibility index (Phi) is 8.05. The van der Waals surface area contributed by atoms with Crippen LogP contribution in [0.5, 0.6) is 0 Å². The molecule has 0 spiro atoms. The summed E-state index contributed by atoms with van der Waals surface area (Å²) in [4.78, 5) is 22.1. The topological polar surface area (TPSA) is 72.8 Å². The van der Waals surface area contributed by atoms with Crippen LogP contribution in [0, 0.1) is 11.8 Å². The molecule has 0 aliphatic heterocycles. The zero-order valence-corrected chi connectivity index (χ0v) is 12.9. The van der Waals surface area contributed by atoms with Crippen molar-refractivity contribution < 1.29 is 24.2 Å². The van der Waals surface area contributed by atoms with Crippen molar-refractivity contribution in [2.24, 2.45) is 11.8 Å². The smallest absolute Gasteiger partial charge is 0.305 e. The van der Waals surface area contributed by atoms with Gasteiger partial charge in [-0.05, 0) is 38.0 Å². The van der Waals surface area contributed by atoms with E-state index in [0.717, 1.165) is 32.1 Å². The number of carbonyl (C=O) groups excluding carboxylic acids is 2. The van der Waals surface area contributed by atoms with Crippen LogP contribution in [-0.2, 0) is 19.1 Å². The van der Waals surface area contributed by atoms with E-state index in [2.05, 4.69) is 10.8 Å². The Morgan fingerprint density at radius 1 is 1.29 bits per heavy atom. The van der Waals surface area contributed by atoms with E-state index in [4.69, 9.17) is 4.74 Å². The number of allylic oxidation sites excluding steroid dienone is 2. The molecular weight excluding hydrogens is 272 g/mol. The summed E-state index contributed by atoms with van der Waals surface area (Å²) in [6.45, 7) is 1.56. The van der Waals surface area contributed by atoms with Gasteiger partial charge in [0.25, 0.3) is 0 Å². The van der Waals surface area contributed by atoms with Gasteiger partial charge in [0.2, 0.25) is 0 Å². The number of methoxy groups -OCH3 is 1. The highest BCUT2D eigenvalue weighted by atomic mass is 16.5. The van der Waals surface area contributed by atoms with Crippen LogP contribution in [0.3, 0.4) is 0 Å². The van der Waals surface area contributed by atoms with E-state index in [9.17, 15) is 14.7 Å². The molecule has 5 nitrogen and oxygen atoms in total. The maximum atomic E-state index is 11.1. The van der Waals surface area contributed by atoms with Crippen LogP contribution < -0.4 is 0 Å². The minimum atomic E-state index is -0.259. The van der Waals surface area contributed by atoms with Crippen LogP contribution in [0.15, 0.2) is 12.2 Å². The zero-order chi connectivity index (χ0) is 15.7. The number of rotatable bonds is 8. The second-order valence-corrected chi connectivity index (χ2v) is 5.51. The van der Waals surface area contributed by atoms with Crippen molar-refractivity contribution in [3.05, 3.63) is 12.2 Å². The third-order valence-corrected chi connectivity index (χ3v) is 4.01. The summed E-state index contributed by atoms with van der Waals surface area (Å²) >= 11 is 0. The predicted molar refractivity (Wildman–Crippen MR) is 78.5 cm³/mol. The molecule has 1 saturated carbocycles. The summed E-state index contributed by atoms with van der Waals surface area (Å²) in [6.07, 6.45) is 8.56. The molecule has 1 fully saturated rings. The van der Waals surface area contributed by atoms with E-state index in [-0.39, 0.29) is 36.5 Å². The van der Waals surface area contributed by atoms with Gasteiger partial charge in [-0.25, -0.2) is 0 Å². The fraction of sp³-hybridized carbons (Fsp3) is 0.750. The Labute approximate surface area is 126 Å². The van der Waals surface area contributed by atoms with Gasteiger partial charge >= 0.3 is 11.9 Å². The molecule has 0 bridgehead atoms. The van der Waals surface area contributed by atoms with Crippen LogP contribution in [0.4, 0.5) is 0 Å². The van der Waals surface area contributed by atoms with Crippen molar-refractivity contribution in [3.63, 3.8) is 0 Å². The number of unbranched alkanes of at least 4 members (excludes halogenated alkanes) is 1. The first-order valence-electron chi connectivity index (χ1n) is 7.58. The maximum absolute atomic E-state index is 11.1. The Bertz CT molecular complexity index is 364. The third-order valence-electron chi connectivity index (χ3n) is 4.01. The van der Waals surface area contributed by atoms with Crippen LogP contribution >= 0.6 is 0 Å². The van der Waals surface area contributed by atoms with Gasteiger partial charge in [0.1, 0.15) is 6.10 Å². The van der Waals surface area contributed by atoms with Gasteiger partial charge in [-0.15, -0.1) is 0 Å². The van der Waals surface area contributed by atoms with E-state index in [1.54, 1.807) is 0 Å². The Hall–Kier alpha value is -1.36. The van der Waals surface area contributed by atoms with E-state index < -0.39 is 0 Å². The number of esters is 2. The molecular formula is C16H26O5. The SMILES string of the molecule is COC(=O)CCC/C=C\C[C@H]1[C@H](CO)CC[C@H]1OC(C)=O. The molecule has 0 unspecified atom stereocenters. The molecule has 0 aromatic carbocycles. The van der Waals surface area contributed by atoms with Gasteiger partial charge < -0.3 is 14.6 Å². The van der Waals surface area contributed by atoms with Gasteiger partial charge in [-0.3, -0.25) is 9.59 Å². The van der Waals surface area contributed by atoms with E-state index in [0.29, 0.717) is 6.42 Å². The molecule has 0 amide bonds. The molecule has 0 saturated heterocycles. The molecule has 1 rings (SSSR count). The van der Waals surface area contributed by atoms with Gasteiger partial charge in [0.05, 0.1) is 7.11 Å². The average Bonchev–Trinajstić information content (AvgIpc) is 2.83. The Balaban J connectivity index is 2.35. The minimum absolute atomic E-state index is 0.0839. The van der Waals surface area contributed by atoms with Crippen molar-refractivity contribution >= 4 is 11.9 Å². The van der Waals surface area contributed by atoms with Crippen molar-refractivity contribution in [1.29, 1.82) is 0 Å². The van der Waals surface area contributed by atoms with Crippen molar-refractivity contribution in [3.8, 4) is 0 Å². The number of aliphatic hydroxyl groups is 1. The van der Waals surface area contributed by atoms with Crippen LogP contribution in [-0.4, -0.2) is 36.9 Å². The second kappa shape index (κ2) is 9.55. The third kappa shape index (κ3) is 6.29. The van der Waals surface area contributed by atoms with Crippen LogP contribution in [0.25, 0.3) is 0 Å². The lowest BCUT2D eigenvalue weighted by atomic mass is 9.92. The summed E-state index contributed by atoms with van der Waals surface area (Å²) in [5.74, 6) is -0.0510. The normalized spacial score (nSPS) is 25.2. The number of aliphatic hydroxyl groups excluding tert-OH is 1. The molecule has 1 aliphatic carbocycles. The summed E-state index contributed by atoms with van der Waals surface area (Å²) in [5.41, 5.74) is 0. The van der Waals surface area contributed by atoms with Crippen LogP contribution in [0.2, 0.25) is 0 Å². The standard InChI is InChI=1S/C16H26O5/c1-12(18)21-15-10-9-13(11-17)14(15)7-5-3-4-6-8-16(19)20-2/h3,5,13-15,17H,4,6-11H2,1-2H3/b5-3-/t13-,14-,15+/m0/s1. The van der Waals surface area contributed by atoms with Crippen molar-refractivity contribution in [2.45, 2.75) is 51.6 Å². The van der Waals surface area contributed by atoms with Gasteiger partial charge in [-0.2, -0.15) is 0 Å². The molecule has 5 heteroatoms. The zero-order valence-electron chi connectivity index (χ0n) is 12.9. The molecule has 3 atom stereocenters. The lowest BCUT2D eigenvalue weighted by Gasteiger charge is -2.22. The molecule has 1 N–H and O–H groups in total. The van der Waals surface area contributed by atoms with Gasteiger partial charge in [0, 0.05) is 25.9 Å². The number of hydrogen-bond donors (Lipinski definition) is 1. The van der Waals surface area contributed by atoms with Crippen molar-refractivity contribution in [1.82, 2.24) is 0 Å². The summed E-state index contributed by atoms with van der Waals surface area (Å²) in [5, 5.41) is 9.40.